The average molecular weight is 243 g/mol. The number of nitriles is 1. The van der Waals surface area contributed by atoms with Crippen molar-refractivity contribution in [1.82, 2.24) is 9.13 Å². The fraction of sp³-hybridized carbons (Fsp3) is 0.308. The van der Waals surface area contributed by atoms with E-state index in [1.807, 2.05) is 6.07 Å². The fourth-order valence-electron chi connectivity index (χ4n) is 2.02. The second kappa shape index (κ2) is 4.49. The van der Waals surface area contributed by atoms with Gasteiger partial charge in [-0.15, -0.1) is 0 Å². The van der Waals surface area contributed by atoms with Crippen LogP contribution < -0.4 is 11.2 Å². The first-order valence-corrected chi connectivity index (χ1v) is 5.69. The van der Waals surface area contributed by atoms with Gasteiger partial charge in [-0.25, -0.2) is 4.79 Å². The zero-order valence-electron chi connectivity index (χ0n) is 10.3. The molecule has 1 heterocycles. The van der Waals surface area contributed by atoms with Gasteiger partial charge in [0.05, 0.1) is 17.0 Å². The van der Waals surface area contributed by atoms with Crippen LogP contribution >= 0.6 is 0 Å². The first-order valence-electron chi connectivity index (χ1n) is 5.69. The van der Waals surface area contributed by atoms with Gasteiger partial charge in [0.25, 0.3) is 5.56 Å². The van der Waals surface area contributed by atoms with E-state index in [-0.39, 0.29) is 18.1 Å². The van der Waals surface area contributed by atoms with Gasteiger partial charge in [0.1, 0.15) is 6.54 Å². The minimum atomic E-state index is -0.435. The van der Waals surface area contributed by atoms with Crippen molar-refractivity contribution in [3.05, 3.63) is 45.1 Å². The Labute approximate surface area is 104 Å². The Hall–Kier alpha value is -2.35. The third-order valence-electron chi connectivity index (χ3n) is 2.83. The standard InChI is InChI=1S/C13H13N3O2/c1-9(2)16-12(17)10-5-3-4-6-11(10)15(8-7-14)13(16)18/h3-6,9H,8H2,1-2H3. The van der Waals surface area contributed by atoms with Crippen LogP contribution in [0.15, 0.2) is 33.9 Å². The van der Waals surface area contributed by atoms with Crippen LogP contribution in [-0.4, -0.2) is 9.13 Å². The highest BCUT2D eigenvalue weighted by molar-refractivity contribution is 5.77. The third kappa shape index (κ3) is 1.72. The van der Waals surface area contributed by atoms with Crippen LogP contribution in [-0.2, 0) is 6.54 Å². The predicted octanol–water partition coefficient (Wildman–Crippen LogP) is 1.27. The summed E-state index contributed by atoms with van der Waals surface area (Å²) in [5.74, 6) is 0. The number of aromatic nitrogens is 2. The topological polar surface area (TPSA) is 67.8 Å². The normalized spacial score (nSPS) is 10.8. The molecular formula is C13H13N3O2. The highest BCUT2D eigenvalue weighted by atomic mass is 16.2. The van der Waals surface area contributed by atoms with Gasteiger partial charge in [-0.05, 0) is 26.0 Å². The second-order valence-corrected chi connectivity index (χ2v) is 4.31. The summed E-state index contributed by atoms with van der Waals surface area (Å²) in [6.07, 6.45) is 0. The highest BCUT2D eigenvalue weighted by Crippen LogP contribution is 2.08. The zero-order chi connectivity index (χ0) is 13.3. The summed E-state index contributed by atoms with van der Waals surface area (Å²) in [6, 6.07) is 8.56. The van der Waals surface area contributed by atoms with Crippen LogP contribution in [0.3, 0.4) is 0 Å². The number of para-hydroxylation sites is 1. The Bertz CT molecular complexity index is 747. The van der Waals surface area contributed by atoms with Crippen molar-refractivity contribution in [2.75, 3.05) is 0 Å². The minimum Gasteiger partial charge on any atom is -0.279 e. The molecule has 5 heteroatoms. The molecular weight excluding hydrogens is 230 g/mol. The van der Waals surface area contributed by atoms with E-state index in [2.05, 4.69) is 0 Å². The number of fused-ring (bicyclic) bond motifs is 1. The first kappa shape index (κ1) is 12.1. The van der Waals surface area contributed by atoms with Gasteiger partial charge in [0.15, 0.2) is 0 Å². The van der Waals surface area contributed by atoms with Crippen molar-refractivity contribution < 1.29 is 0 Å². The quantitative estimate of drug-likeness (QED) is 0.797. The van der Waals surface area contributed by atoms with Crippen LogP contribution in [0.1, 0.15) is 19.9 Å². The van der Waals surface area contributed by atoms with Crippen LogP contribution in [0.25, 0.3) is 10.9 Å². The molecule has 0 aliphatic heterocycles. The molecule has 0 fully saturated rings. The Morgan fingerprint density at radius 3 is 2.56 bits per heavy atom. The molecule has 0 radical (unpaired) electrons. The summed E-state index contributed by atoms with van der Waals surface area (Å²) in [4.78, 5) is 24.4. The molecule has 2 aromatic rings. The molecule has 18 heavy (non-hydrogen) atoms. The minimum absolute atomic E-state index is 0.0631. The SMILES string of the molecule is CC(C)n1c(=O)c2ccccc2n(CC#N)c1=O. The van der Waals surface area contributed by atoms with Gasteiger partial charge in [-0.2, -0.15) is 5.26 Å². The Kier molecular flexibility index (Phi) is 3.02. The molecule has 92 valence electrons. The summed E-state index contributed by atoms with van der Waals surface area (Å²) < 4.78 is 2.51. The molecule has 5 nitrogen and oxygen atoms in total. The number of benzene rings is 1. The Morgan fingerprint density at radius 1 is 1.28 bits per heavy atom. The van der Waals surface area contributed by atoms with E-state index in [4.69, 9.17) is 5.26 Å². The molecule has 0 bridgehead atoms. The predicted molar refractivity (Wildman–Crippen MR) is 68.5 cm³/mol. The Morgan fingerprint density at radius 2 is 1.94 bits per heavy atom. The van der Waals surface area contributed by atoms with Gasteiger partial charge in [0, 0.05) is 6.04 Å². The lowest BCUT2D eigenvalue weighted by Gasteiger charge is -2.13. The molecule has 0 unspecified atom stereocenters. The molecule has 0 saturated heterocycles. The summed E-state index contributed by atoms with van der Waals surface area (Å²) >= 11 is 0. The van der Waals surface area contributed by atoms with Gasteiger partial charge in [-0.1, -0.05) is 12.1 Å². The van der Waals surface area contributed by atoms with E-state index in [1.54, 1.807) is 38.1 Å². The number of hydrogen-bond donors (Lipinski definition) is 0. The molecule has 0 amide bonds. The molecule has 0 saturated carbocycles. The lowest BCUT2D eigenvalue weighted by Crippen LogP contribution is -2.41. The van der Waals surface area contributed by atoms with Gasteiger partial charge >= 0.3 is 5.69 Å². The number of rotatable bonds is 2. The maximum atomic E-state index is 12.2. The van der Waals surface area contributed by atoms with Gasteiger partial charge < -0.3 is 0 Å². The van der Waals surface area contributed by atoms with E-state index in [0.29, 0.717) is 10.9 Å². The molecule has 0 aliphatic rings. The molecule has 0 N–H and O–H groups in total. The average Bonchev–Trinajstić information content (AvgIpc) is 2.34. The molecule has 0 atom stereocenters. The van der Waals surface area contributed by atoms with Gasteiger partial charge in [-0.3, -0.25) is 13.9 Å². The van der Waals surface area contributed by atoms with E-state index < -0.39 is 5.69 Å². The van der Waals surface area contributed by atoms with Crippen LogP contribution in [0.5, 0.6) is 0 Å². The van der Waals surface area contributed by atoms with E-state index in [0.717, 1.165) is 0 Å². The maximum Gasteiger partial charge on any atom is 0.332 e. The van der Waals surface area contributed by atoms with Crippen molar-refractivity contribution in [1.29, 1.82) is 5.26 Å². The summed E-state index contributed by atoms with van der Waals surface area (Å²) in [7, 11) is 0. The van der Waals surface area contributed by atoms with E-state index in [1.165, 1.54) is 9.13 Å². The second-order valence-electron chi connectivity index (χ2n) is 4.31. The summed E-state index contributed by atoms with van der Waals surface area (Å²) in [5, 5.41) is 9.26. The number of nitrogens with zero attached hydrogens (tertiary/aromatic N) is 3. The maximum absolute atomic E-state index is 12.2. The molecule has 2 rings (SSSR count). The largest absolute Gasteiger partial charge is 0.332 e. The van der Waals surface area contributed by atoms with Crippen molar-refractivity contribution >= 4 is 10.9 Å². The van der Waals surface area contributed by atoms with Crippen molar-refractivity contribution in [2.24, 2.45) is 0 Å². The number of hydrogen-bond acceptors (Lipinski definition) is 3. The smallest absolute Gasteiger partial charge is 0.279 e. The van der Waals surface area contributed by atoms with E-state index in [9.17, 15) is 9.59 Å². The Balaban J connectivity index is 3.03. The fourth-order valence-corrected chi connectivity index (χ4v) is 2.02. The van der Waals surface area contributed by atoms with Gasteiger partial charge in [0.2, 0.25) is 0 Å². The molecule has 0 aliphatic carbocycles. The summed E-state index contributed by atoms with van der Waals surface area (Å²) in [6.45, 7) is 3.48. The molecule has 0 spiro atoms. The lowest BCUT2D eigenvalue weighted by atomic mass is 10.2. The summed E-state index contributed by atoms with van der Waals surface area (Å²) in [5.41, 5.74) is -0.235. The van der Waals surface area contributed by atoms with Crippen molar-refractivity contribution in [3.8, 4) is 6.07 Å². The highest BCUT2D eigenvalue weighted by Gasteiger charge is 2.14. The van der Waals surface area contributed by atoms with Crippen LogP contribution in [0.4, 0.5) is 0 Å². The van der Waals surface area contributed by atoms with Crippen molar-refractivity contribution in [3.63, 3.8) is 0 Å². The molecule has 1 aromatic carbocycles. The third-order valence-corrected chi connectivity index (χ3v) is 2.83. The van der Waals surface area contributed by atoms with Crippen molar-refractivity contribution in [2.45, 2.75) is 26.4 Å². The van der Waals surface area contributed by atoms with Crippen LogP contribution in [0, 0.1) is 11.3 Å². The monoisotopic (exact) mass is 243 g/mol. The molecule has 1 aromatic heterocycles. The van der Waals surface area contributed by atoms with E-state index >= 15 is 0 Å². The first-order chi connectivity index (χ1) is 8.57. The van der Waals surface area contributed by atoms with Crippen LogP contribution in [0.2, 0.25) is 0 Å². The zero-order valence-corrected chi connectivity index (χ0v) is 10.3. The lowest BCUT2D eigenvalue weighted by molar-refractivity contribution is 0.526.